The van der Waals surface area contributed by atoms with E-state index in [-0.39, 0.29) is 23.7 Å². The van der Waals surface area contributed by atoms with Crippen LogP contribution in [0.3, 0.4) is 0 Å². The van der Waals surface area contributed by atoms with Gasteiger partial charge in [0.15, 0.2) is 18.2 Å². The van der Waals surface area contributed by atoms with E-state index in [1.54, 1.807) is 12.1 Å². The molecule has 2 aromatic carbocycles. The van der Waals surface area contributed by atoms with Crippen molar-refractivity contribution in [3.8, 4) is 11.5 Å². The number of hydrogen-bond donors (Lipinski definition) is 7. The van der Waals surface area contributed by atoms with Crippen molar-refractivity contribution >= 4 is 5.97 Å². The summed E-state index contributed by atoms with van der Waals surface area (Å²) in [5.41, 5.74) is -1.01. The second-order valence-electron chi connectivity index (χ2n) is 9.49. The third-order valence-corrected chi connectivity index (χ3v) is 6.56. The van der Waals surface area contributed by atoms with Gasteiger partial charge in [0.05, 0.1) is 25.4 Å². The molecular formula is C26H32O13. The Morgan fingerprint density at radius 1 is 0.872 bits per heavy atom. The standard InChI is InChI=1S/C26H32O13/c27-16-5-1-14(2-6-16)9-10-35-24-21(31)20(30)19(29)18(39-24)11-36-25-22(32)26(34,13-38-25)12-37-23(33)15-3-7-17(28)8-4-15/h1-8,18-22,24-25,27-32,34H,9-13H2. The number of ether oxygens (including phenoxy) is 5. The number of phenolic OH excluding ortho intramolecular Hbond substituents is 2. The van der Waals surface area contributed by atoms with Crippen LogP contribution in [-0.2, 0) is 30.1 Å². The van der Waals surface area contributed by atoms with Gasteiger partial charge < -0.3 is 59.4 Å². The quantitative estimate of drug-likeness (QED) is 0.173. The molecule has 0 aromatic heterocycles. The van der Waals surface area contributed by atoms with E-state index in [1.165, 1.54) is 36.4 Å². The second-order valence-corrected chi connectivity index (χ2v) is 9.49. The molecule has 2 aliphatic rings. The zero-order valence-electron chi connectivity index (χ0n) is 20.8. The van der Waals surface area contributed by atoms with Crippen LogP contribution in [0.5, 0.6) is 11.5 Å². The lowest BCUT2D eigenvalue weighted by Gasteiger charge is -2.40. The number of aliphatic hydroxyl groups is 5. The summed E-state index contributed by atoms with van der Waals surface area (Å²) in [5, 5.41) is 70.8. The van der Waals surface area contributed by atoms with E-state index in [1.807, 2.05) is 0 Å². The first kappa shape index (κ1) is 29.1. The molecule has 2 saturated heterocycles. The normalized spacial score (nSPS) is 32.7. The molecule has 0 bridgehead atoms. The highest BCUT2D eigenvalue weighted by Gasteiger charge is 2.51. The van der Waals surface area contributed by atoms with E-state index >= 15 is 0 Å². The molecule has 39 heavy (non-hydrogen) atoms. The van der Waals surface area contributed by atoms with Gasteiger partial charge in [-0.2, -0.15) is 0 Å². The molecule has 8 atom stereocenters. The first-order valence-electron chi connectivity index (χ1n) is 12.3. The molecule has 2 heterocycles. The van der Waals surface area contributed by atoms with E-state index < -0.39 is 74.5 Å². The number of aromatic hydroxyl groups is 2. The molecule has 7 N–H and O–H groups in total. The maximum Gasteiger partial charge on any atom is 0.338 e. The summed E-state index contributed by atoms with van der Waals surface area (Å²) in [6.07, 6.45) is -9.78. The van der Waals surface area contributed by atoms with Gasteiger partial charge in [-0.05, 0) is 48.4 Å². The molecule has 0 aliphatic carbocycles. The largest absolute Gasteiger partial charge is 0.508 e. The summed E-state index contributed by atoms with van der Waals surface area (Å²) in [4.78, 5) is 12.2. The molecule has 0 radical (unpaired) electrons. The van der Waals surface area contributed by atoms with Gasteiger partial charge in [-0.1, -0.05) is 12.1 Å². The van der Waals surface area contributed by atoms with Crippen LogP contribution in [0.15, 0.2) is 48.5 Å². The summed E-state index contributed by atoms with van der Waals surface area (Å²) >= 11 is 0. The van der Waals surface area contributed by atoms with Crippen LogP contribution in [-0.4, -0.2) is 117 Å². The number of benzene rings is 2. The number of hydrogen-bond acceptors (Lipinski definition) is 13. The summed E-state index contributed by atoms with van der Waals surface area (Å²) in [7, 11) is 0. The van der Waals surface area contributed by atoms with Crippen molar-refractivity contribution in [2.75, 3.05) is 26.4 Å². The average Bonchev–Trinajstić information content (AvgIpc) is 3.21. The third-order valence-electron chi connectivity index (χ3n) is 6.56. The molecule has 0 spiro atoms. The summed E-state index contributed by atoms with van der Waals surface area (Å²) in [5.74, 6) is -0.705. The van der Waals surface area contributed by atoms with Crippen molar-refractivity contribution in [1.29, 1.82) is 0 Å². The zero-order chi connectivity index (χ0) is 28.2. The molecule has 13 heteroatoms. The third kappa shape index (κ3) is 7.03. The van der Waals surface area contributed by atoms with Gasteiger partial charge in [0.2, 0.25) is 0 Å². The van der Waals surface area contributed by atoms with Crippen molar-refractivity contribution < 1.29 is 64.2 Å². The maximum absolute atomic E-state index is 12.2. The van der Waals surface area contributed by atoms with Crippen LogP contribution >= 0.6 is 0 Å². The average molecular weight is 553 g/mol. The van der Waals surface area contributed by atoms with Crippen LogP contribution < -0.4 is 0 Å². The van der Waals surface area contributed by atoms with Gasteiger partial charge in [-0.15, -0.1) is 0 Å². The molecule has 4 rings (SSSR count). The van der Waals surface area contributed by atoms with E-state index in [0.717, 1.165) is 5.56 Å². The van der Waals surface area contributed by atoms with Crippen molar-refractivity contribution in [2.24, 2.45) is 0 Å². The minimum Gasteiger partial charge on any atom is -0.508 e. The fourth-order valence-corrected chi connectivity index (χ4v) is 4.13. The Balaban J connectivity index is 1.26. The Morgan fingerprint density at radius 2 is 1.51 bits per heavy atom. The SMILES string of the molecule is O=C(OCC1(O)COC(OCC2OC(OCCc3ccc(O)cc3)C(O)C(O)C2O)C1O)c1ccc(O)cc1. The molecule has 214 valence electrons. The first-order valence-corrected chi connectivity index (χ1v) is 12.3. The number of carbonyl (C=O) groups excluding carboxylic acids is 1. The lowest BCUT2D eigenvalue weighted by molar-refractivity contribution is -0.309. The minimum atomic E-state index is -1.99. The minimum absolute atomic E-state index is 0.0363. The molecule has 13 nitrogen and oxygen atoms in total. The Morgan fingerprint density at radius 3 is 2.18 bits per heavy atom. The second kappa shape index (κ2) is 12.6. The Labute approximate surface area is 223 Å². The fraction of sp³-hybridized carbons (Fsp3) is 0.500. The molecular weight excluding hydrogens is 520 g/mol. The monoisotopic (exact) mass is 552 g/mol. The van der Waals surface area contributed by atoms with Gasteiger partial charge in [0.1, 0.15) is 48.6 Å². The summed E-state index contributed by atoms with van der Waals surface area (Å²) < 4.78 is 27.0. The summed E-state index contributed by atoms with van der Waals surface area (Å²) in [6.45, 7) is -1.35. The molecule has 2 aromatic rings. The van der Waals surface area contributed by atoms with E-state index in [2.05, 4.69) is 0 Å². The fourth-order valence-electron chi connectivity index (χ4n) is 4.13. The number of phenols is 2. The van der Waals surface area contributed by atoms with Crippen molar-refractivity contribution in [2.45, 2.75) is 55.1 Å². The van der Waals surface area contributed by atoms with Crippen LogP contribution in [0.4, 0.5) is 0 Å². The van der Waals surface area contributed by atoms with Gasteiger partial charge in [-0.25, -0.2) is 4.79 Å². The van der Waals surface area contributed by atoms with Crippen molar-refractivity contribution in [3.63, 3.8) is 0 Å². The maximum atomic E-state index is 12.2. The predicted octanol–water partition coefficient (Wildman–Crippen LogP) is -1.21. The van der Waals surface area contributed by atoms with Gasteiger partial charge in [-0.3, -0.25) is 0 Å². The topological polar surface area (TPSA) is 205 Å². The Bertz CT molecular complexity index is 1080. The van der Waals surface area contributed by atoms with Crippen LogP contribution in [0.2, 0.25) is 0 Å². The lowest BCUT2D eigenvalue weighted by atomic mass is 9.99. The van der Waals surface area contributed by atoms with Crippen molar-refractivity contribution in [3.05, 3.63) is 59.7 Å². The van der Waals surface area contributed by atoms with Crippen LogP contribution in [0.1, 0.15) is 15.9 Å². The molecule has 2 aliphatic heterocycles. The highest BCUT2D eigenvalue weighted by atomic mass is 16.7. The van der Waals surface area contributed by atoms with Gasteiger partial charge in [0, 0.05) is 0 Å². The van der Waals surface area contributed by atoms with Crippen LogP contribution in [0, 0.1) is 0 Å². The van der Waals surface area contributed by atoms with E-state index in [0.29, 0.717) is 6.42 Å². The number of aliphatic hydroxyl groups excluding tert-OH is 4. The Kier molecular flexibility index (Phi) is 9.38. The number of rotatable bonds is 10. The Hall–Kier alpha value is -2.85. The number of carbonyl (C=O) groups is 1. The predicted molar refractivity (Wildman–Crippen MR) is 129 cm³/mol. The van der Waals surface area contributed by atoms with Gasteiger partial charge >= 0.3 is 5.97 Å². The highest BCUT2D eigenvalue weighted by molar-refractivity contribution is 5.89. The van der Waals surface area contributed by atoms with E-state index in [9.17, 15) is 40.5 Å². The molecule has 0 amide bonds. The van der Waals surface area contributed by atoms with Crippen molar-refractivity contribution in [1.82, 2.24) is 0 Å². The molecule has 0 saturated carbocycles. The van der Waals surface area contributed by atoms with E-state index in [4.69, 9.17) is 23.7 Å². The first-order chi connectivity index (χ1) is 18.6. The lowest BCUT2D eigenvalue weighted by Crippen LogP contribution is -2.59. The van der Waals surface area contributed by atoms with Crippen LogP contribution in [0.25, 0.3) is 0 Å². The smallest absolute Gasteiger partial charge is 0.338 e. The van der Waals surface area contributed by atoms with Gasteiger partial charge in [0.25, 0.3) is 0 Å². The highest BCUT2D eigenvalue weighted by Crippen LogP contribution is 2.29. The summed E-state index contributed by atoms with van der Waals surface area (Å²) in [6, 6.07) is 11.7. The zero-order valence-corrected chi connectivity index (χ0v) is 20.8. The number of esters is 1. The molecule has 8 unspecified atom stereocenters. The molecule has 2 fully saturated rings.